The zero-order chi connectivity index (χ0) is 18.4. The number of aryl methyl sites for hydroxylation is 2. The van der Waals surface area contributed by atoms with Crippen molar-refractivity contribution in [1.29, 1.82) is 0 Å². The van der Waals surface area contributed by atoms with Crippen molar-refractivity contribution in [1.82, 2.24) is 9.55 Å². The van der Waals surface area contributed by atoms with Crippen molar-refractivity contribution in [3.8, 4) is 11.5 Å². The Kier molecular flexibility index (Phi) is 5.95. The molecule has 0 aliphatic heterocycles. The zero-order valence-corrected chi connectivity index (χ0v) is 15.7. The SMILES string of the molecule is C/C=C/c1ccc(OCCCn2c(CC)nc3ccccc32)c(OC)c1. The second-order valence-corrected chi connectivity index (χ2v) is 6.13. The molecule has 0 atom stereocenters. The Morgan fingerprint density at radius 2 is 1.96 bits per heavy atom. The molecule has 0 fully saturated rings. The van der Waals surface area contributed by atoms with E-state index in [0.29, 0.717) is 6.61 Å². The van der Waals surface area contributed by atoms with Gasteiger partial charge in [0, 0.05) is 13.0 Å². The van der Waals surface area contributed by atoms with E-state index in [1.807, 2.05) is 43.3 Å². The number of ether oxygens (including phenoxy) is 2. The summed E-state index contributed by atoms with van der Waals surface area (Å²) in [6.45, 7) is 5.67. The lowest BCUT2D eigenvalue weighted by Crippen LogP contribution is -2.08. The van der Waals surface area contributed by atoms with Crippen LogP contribution in [0.1, 0.15) is 31.7 Å². The minimum atomic E-state index is 0.634. The van der Waals surface area contributed by atoms with Crippen LogP contribution in [0, 0.1) is 0 Å². The molecule has 4 nitrogen and oxygen atoms in total. The van der Waals surface area contributed by atoms with Crippen molar-refractivity contribution in [2.45, 2.75) is 33.2 Å². The molecule has 1 heterocycles. The zero-order valence-electron chi connectivity index (χ0n) is 15.7. The molecule has 0 aliphatic rings. The van der Waals surface area contributed by atoms with Gasteiger partial charge in [0.15, 0.2) is 11.5 Å². The number of rotatable bonds is 8. The van der Waals surface area contributed by atoms with Gasteiger partial charge in [-0.3, -0.25) is 0 Å². The molecule has 0 saturated carbocycles. The third-order valence-electron chi connectivity index (χ3n) is 4.38. The highest BCUT2D eigenvalue weighted by Crippen LogP contribution is 2.28. The molecule has 1 aromatic heterocycles. The quantitative estimate of drug-likeness (QED) is 0.530. The number of methoxy groups -OCH3 is 1. The number of benzene rings is 2. The molecule has 0 spiro atoms. The smallest absolute Gasteiger partial charge is 0.161 e. The average Bonchev–Trinajstić information content (AvgIpc) is 3.04. The summed E-state index contributed by atoms with van der Waals surface area (Å²) in [5, 5.41) is 0. The Bertz CT molecular complexity index is 896. The largest absolute Gasteiger partial charge is 0.493 e. The highest BCUT2D eigenvalue weighted by atomic mass is 16.5. The van der Waals surface area contributed by atoms with Crippen LogP contribution in [0.4, 0.5) is 0 Å². The van der Waals surface area contributed by atoms with Gasteiger partial charge in [-0.15, -0.1) is 0 Å². The van der Waals surface area contributed by atoms with Crippen molar-refractivity contribution in [3.05, 3.63) is 59.9 Å². The first-order valence-corrected chi connectivity index (χ1v) is 9.14. The molecule has 2 aromatic carbocycles. The Morgan fingerprint density at radius 3 is 2.73 bits per heavy atom. The number of aromatic nitrogens is 2. The molecule has 26 heavy (non-hydrogen) atoms. The first-order chi connectivity index (χ1) is 12.8. The average molecular weight is 350 g/mol. The second kappa shape index (κ2) is 8.56. The van der Waals surface area contributed by atoms with E-state index < -0.39 is 0 Å². The summed E-state index contributed by atoms with van der Waals surface area (Å²) in [7, 11) is 1.67. The molecule has 0 saturated heterocycles. The van der Waals surface area contributed by atoms with Crippen LogP contribution in [0.25, 0.3) is 17.1 Å². The molecule has 0 N–H and O–H groups in total. The van der Waals surface area contributed by atoms with Crippen molar-refractivity contribution in [2.24, 2.45) is 0 Å². The maximum absolute atomic E-state index is 5.96. The van der Waals surface area contributed by atoms with E-state index in [-0.39, 0.29) is 0 Å². The summed E-state index contributed by atoms with van der Waals surface area (Å²) in [5.74, 6) is 2.68. The van der Waals surface area contributed by atoms with E-state index in [9.17, 15) is 0 Å². The van der Waals surface area contributed by atoms with Crippen molar-refractivity contribution in [2.75, 3.05) is 13.7 Å². The monoisotopic (exact) mass is 350 g/mol. The van der Waals surface area contributed by atoms with E-state index in [1.165, 1.54) is 5.52 Å². The third kappa shape index (κ3) is 3.90. The minimum absolute atomic E-state index is 0.634. The number of nitrogens with zero attached hydrogens (tertiary/aromatic N) is 2. The molecule has 0 radical (unpaired) electrons. The Morgan fingerprint density at radius 1 is 1.12 bits per heavy atom. The number of fused-ring (bicyclic) bond motifs is 1. The van der Waals surface area contributed by atoms with Crippen LogP contribution in [-0.4, -0.2) is 23.3 Å². The topological polar surface area (TPSA) is 36.3 Å². The summed E-state index contributed by atoms with van der Waals surface area (Å²) in [6.07, 6.45) is 5.89. The fourth-order valence-electron chi connectivity index (χ4n) is 3.15. The molecule has 3 aromatic rings. The predicted molar refractivity (Wildman–Crippen MR) is 107 cm³/mol. The molecular formula is C22H26N2O2. The van der Waals surface area contributed by atoms with Crippen molar-refractivity contribution in [3.63, 3.8) is 0 Å². The number of imidazole rings is 1. The molecule has 0 aliphatic carbocycles. The Labute approximate surface area is 155 Å². The van der Waals surface area contributed by atoms with Gasteiger partial charge in [0.25, 0.3) is 0 Å². The summed E-state index contributed by atoms with van der Waals surface area (Å²) in [4.78, 5) is 4.72. The van der Waals surface area contributed by atoms with Crippen LogP contribution in [0.15, 0.2) is 48.5 Å². The normalized spacial score (nSPS) is 11.3. The van der Waals surface area contributed by atoms with Gasteiger partial charge in [-0.1, -0.05) is 37.3 Å². The van der Waals surface area contributed by atoms with E-state index in [0.717, 1.165) is 47.8 Å². The predicted octanol–water partition coefficient (Wildman–Crippen LogP) is 5.11. The molecule has 0 unspecified atom stereocenters. The van der Waals surface area contributed by atoms with Gasteiger partial charge in [0.2, 0.25) is 0 Å². The van der Waals surface area contributed by atoms with Crippen LogP contribution < -0.4 is 9.47 Å². The summed E-state index contributed by atoms with van der Waals surface area (Å²) in [5.41, 5.74) is 3.36. The Hall–Kier alpha value is -2.75. The lowest BCUT2D eigenvalue weighted by Gasteiger charge is -2.12. The standard InChI is InChI=1S/C22H26N2O2/c1-4-9-17-12-13-20(21(16-17)25-3)26-15-8-14-24-19-11-7-6-10-18(19)23-22(24)5-2/h4,6-7,9-13,16H,5,8,14-15H2,1-3H3/b9-4+. The number of allylic oxidation sites excluding steroid dienone is 1. The molecule has 3 rings (SSSR count). The van der Waals surface area contributed by atoms with Crippen LogP contribution in [0.2, 0.25) is 0 Å². The van der Waals surface area contributed by atoms with Crippen LogP contribution in [-0.2, 0) is 13.0 Å². The molecule has 136 valence electrons. The summed E-state index contributed by atoms with van der Waals surface area (Å²) >= 11 is 0. The summed E-state index contributed by atoms with van der Waals surface area (Å²) in [6, 6.07) is 14.3. The van der Waals surface area contributed by atoms with E-state index >= 15 is 0 Å². The lowest BCUT2D eigenvalue weighted by atomic mass is 10.2. The number of hydrogen-bond donors (Lipinski definition) is 0. The van der Waals surface area contributed by atoms with E-state index in [4.69, 9.17) is 14.5 Å². The van der Waals surface area contributed by atoms with Crippen molar-refractivity contribution < 1.29 is 9.47 Å². The first kappa shape index (κ1) is 18.1. The second-order valence-electron chi connectivity index (χ2n) is 6.13. The lowest BCUT2D eigenvalue weighted by molar-refractivity contribution is 0.282. The third-order valence-corrected chi connectivity index (χ3v) is 4.38. The van der Waals surface area contributed by atoms with Crippen LogP contribution in [0.3, 0.4) is 0 Å². The number of hydrogen-bond acceptors (Lipinski definition) is 3. The van der Waals surface area contributed by atoms with Gasteiger partial charge in [-0.2, -0.15) is 0 Å². The molecule has 0 bridgehead atoms. The Balaban J connectivity index is 1.64. The fourth-order valence-corrected chi connectivity index (χ4v) is 3.15. The van der Waals surface area contributed by atoms with Gasteiger partial charge in [-0.25, -0.2) is 4.98 Å². The van der Waals surface area contributed by atoms with Gasteiger partial charge in [-0.05, 0) is 43.2 Å². The van der Waals surface area contributed by atoms with Gasteiger partial charge >= 0.3 is 0 Å². The van der Waals surface area contributed by atoms with Gasteiger partial charge in [0.1, 0.15) is 5.82 Å². The number of para-hydroxylation sites is 2. The van der Waals surface area contributed by atoms with E-state index in [2.05, 4.69) is 29.7 Å². The van der Waals surface area contributed by atoms with Gasteiger partial charge < -0.3 is 14.0 Å². The van der Waals surface area contributed by atoms with Gasteiger partial charge in [0.05, 0.1) is 24.8 Å². The first-order valence-electron chi connectivity index (χ1n) is 9.14. The maximum Gasteiger partial charge on any atom is 0.161 e. The molecular weight excluding hydrogens is 324 g/mol. The van der Waals surface area contributed by atoms with Crippen LogP contribution >= 0.6 is 0 Å². The van der Waals surface area contributed by atoms with Crippen molar-refractivity contribution >= 4 is 17.1 Å². The molecule has 4 heteroatoms. The maximum atomic E-state index is 5.96. The molecule has 0 amide bonds. The highest BCUT2D eigenvalue weighted by molar-refractivity contribution is 5.75. The highest BCUT2D eigenvalue weighted by Gasteiger charge is 2.09. The van der Waals surface area contributed by atoms with Crippen LogP contribution in [0.5, 0.6) is 11.5 Å². The summed E-state index contributed by atoms with van der Waals surface area (Å²) < 4.78 is 13.7. The minimum Gasteiger partial charge on any atom is -0.493 e. The van der Waals surface area contributed by atoms with E-state index in [1.54, 1.807) is 7.11 Å². The fraction of sp³-hybridized carbons (Fsp3) is 0.318.